The maximum Gasteiger partial charge on any atom is 0.254 e. The molecule has 4 rings (SSSR count). The molecule has 0 aliphatic carbocycles. The van der Waals surface area contributed by atoms with Crippen molar-refractivity contribution in [2.24, 2.45) is 0 Å². The Kier molecular flexibility index (Phi) is 5.02. The van der Waals surface area contributed by atoms with Crippen molar-refractivity contribution in [1.29, 1.82) is 0 Å². The number of hydrogen-bond acceptors (Lipinski definition) is 4. The molecule has 1 atom stereocenters. The number of likely N-dealkylation sites (tertiary alicyclic amines) is 1. The summed E-state index contributed by atoms with van der Waals surface area (Å²) in [6.45, 7) is 1.28. The molecule has 134 valence electrons. The number of piperidine rings is 1. The minimum absolute atomic E-state index is 0.0157. The molecule has 0 spiro atoms. The molecule has 26 heavy (non-hydrogen) atoms. The van der Waals surface area contributed by atoms with E-state index in [9.17, 15) is 4.79 Å². The van der Waals surface area contributed by atoms with E-state index in [0.717, 1.165) is 42.3 Å². The average Bonchev–Trinajstić information content (AvgIpc) is 3.40. The van der Waals surface area contributed by atoms with Gasteiger partial charge in [-0.1, -0.05) is 12.1 Å². The highest BCUT2D eigenvalue weighted by Crippen LogP contribution is 2.30. The number of hydrogen-bond donors (Lipinski definition) is 1. The fourth-order valence-electron chi connectivity index (χ4n) is 3.35. The molecular weight excluding hydrogens is 346 g/mol. The lowest BCUT2D eigenvalue weighted by molar-refractivity contribution is 0.0600. The number of carbonyl (C=O) groups excluding carboxylic acids is 1. The number of benzene rings is 1. The molecule has 1 fully saturated rings. The summed E-state index contributed by atoms with van der Waals surface area (Å²) in [4.78, 5) is 23.7. The number of H-pyrrole nitrogens is 1. The predicted molar refractivity (Wildman–Crippen MR) is 101 cm³/mol. The van der Waals surface area contributed by atoms with Gasteiger partial charge in [0.2, 0.25) is 0 Å². The van der Waals surface area contributed by atoms with Crippen LogP contribution in [0.15, 0.2) is 54.2 Å². The van der Waals surface area contributed by atoms with Gasteiger partial charge in [0.25, 0.3) is 5.91 Å². The second-order valence-corrected chi connectivity index (χ2v) is 7.41. The summed E-state index contributed by atoms with van der Waals surface area (Å²) in [5.74, 6) is 1.62. The Bertz CT molecular complexity index is 846. The first kappa shape index (κ1) is 16.8. The van der Waals surface area contributed by atoms with Crippen molar-refractivity contribution in [1.82, 2.24) is 14.9 Å². The number of thiophene rings is 1. The van der Waals surface area contributed by atoms with Gasteiger partial charge in [-0.05, 0) is 48.9 Å². The van der Waals surface area contributed by atoms with Crippen LogP contribution in [0.3, 0.4) is 0 Å². The molecule has 1 aromatic carbocycles. The van der Waals surface area contributed by atoms with Crippen LogP contribution in [0.5, 0.6) is 5.75 Å². The van der Waals surface area contributed by atoms with Crippen molar-refractivity contribution in [3.63, 3.8) is 0 Å². The molecule has 1 saturated heterocycles. The van der Waals surface area contributed by atoms with Crippen LogP contribution in [0.4, 0.5) is 0 Å². The van der Waals surface area contributed by atoms with Crippen molar-refractivity contribution < 1.29 is 9.53 Å². The van der Waals surface area contributed by atoms with Crippen molar-refractivity contribution in [2.75, 3.05) is 6.54 Å². The average molecular weight is 367 g/mol. The van der Waals surface area contributed by atoms with E-state index in [1.54, 1.807) is 17.5 Å². The van der Waals surface area contributed by atoms with Gasteiger partial charge >= 0.3 is 0 Å². The van der Waals surface area contributed by atoms with E-state index in [2.05, 4.69) is 9.97 Å². The van der Waals surface area contributed by atoms with Gasteiger partial charge < -0.3 is 14.6 Å². The van der Waals surface area contributed by atoms with Crippen molar-refractivity contribution in [3.8, 4) is 5.75 Å². The third-order valence-corrected chi connectivity index (χ3v) is 5.49. The molecule has 6 heteroatoms. The van der Waals surface area contributed by atoms with Crippen LogP contribution in [0, 0.1) is 0 Å². The van der Waals surface area contributed by atoms with Gasteiger partial charge in [0.1, 0.15) is 18.2 Å². The van der Waals surface area contributed by atoms with Gasteiger partial charge in [0.05, 0.1) is 6.04 Å². The summed E-state index contributed by atoms with van der Waals surface area (Å²) >= 11 is 1.66. The highest BCUT2D eigenvalue weighted by atomic mass is 32.1. The Balaban J connectivity index is 1.50. The number of nitrogens with zero attached hydrogens (tertiary/aromatic N) is 2. The Morgan fingerprint density at radius 3 is 3.08 bits per heavy atom. The number of rotatable bonds is 5. The lowest BCUT2D eigenvalue weighted by Gasteiger charge is -2.34. The largest absolute Gasteiger partial charge is 0.488 e. The lowest BCUT2D eigenvalue weighted by Crippen LogP contribution is -2.39. The highest BCUT2D eigenvalue weighted by Gasteiger charge is 2.30. The van der Waals surface area contributed by atoms with Crippen LogP contribution in [0.25, 0.3) is 0 Å². The van der Waals surface area contributed by atoms with Crippen LogP contribution in [-0.2, 0) is 6.61 Å². The minimum Gasteiger partial charge on any atom is -0.488 e. The quantitative estimate of drug-likeness (QED) is 0.726. The normalized spacial score (nSPS) is 17.2. The minimum atomic E-state index is 0.0157. The van der Waals surface area contributed by atoms with Crippen molar-refractivity contribution in [2.45, 2.75) is 31.9 Å². The number of imidazole rings is 1. The SMILES string of the molecule is O=C(c1cccc(OCc2cccs2)c1)N1CCCC[C@@H]1c1ncc[nH]1. The number of amides is 1. The predicted octanol–water partition coefficient (Wildman–Crippen LogP) is 4.42. The molecule has 0 radical (unpaired) electrons. The van der Waals surface area contributed by atoms with E-state index in [-0.39, 0.29) is 11.9 Å². The zero-order valence-electron chi connectivity index (χ0n) is 14.4. The van der Waals surface area contributed by atoms with Gasteiger partial charge in [-0.3, -0.25) is 4.79 Å². The zero-order valence-corrected chi connectivity index (χ0v) is 15.2. The standard InChI is InChI=1S/C20H21N3O2S/c24-20(23-11-2-1-8-18(23)19-21-9-10-22-19)15-5-3-6-16(13-15)25-14-17-7-4-12-26-17/h3-7,9-10,12-13,18H,1-2,8,11,14H2,(H,21,22)/t18-/m1/s1. The molecule has 1 aliphatic rings. The van der Waals surface area contributed by atoms with E-state index >= 15 is 0 Å². The fourth-order valence-corrected chi connectivity index (χ4v) is 3.97. The fraction of sp³-hybridized carbons (Fsp3) is 0.300. The summed E-state index contributed by atoms with van der Waals surface area (Å²) in [6.07, 6.45) is 6.63. The Hall–Kier alpha value is -2.60. The van der Waals surface area contributed by atoms with E-state index in [4.69, 9.17) is 4.74 Å². The number of ether oxygens (including phenoxy) is 1. The smallest absolute Gasteiger partial charge is 0.254 e. The van der Waals surface area contributed by atoms with Crippen LogP contribution in [-0.4, -0.2) is 27.3 Å². The van der Waals surface area contributed by atoms with Gasteiger partial charge in [-0.2, -0.15) is 0 Å². The monoisotopic (exact) mass is 367 g/mol. The third kappa shape index (κ3) is 3.65. The first-order valence-corrected chi connectivity index (χ1v) is 9.75. The molecule has 1 amide bonds. The summed E-state index contributed by atoms with van der Waals surface area (Å²) < 4.78 is 5.85. The van der Waals surface area contributed by atoms with Gasteiger partial charge in [-0.15, -0.1) is 11.3 Å². The summed E-state index contributed by atoms with van der Waals surface area (Å²) in [5, 5.41) is 2.03. The third-order valence-electron chi connectivity index (χ3n) is 4.64. The molecule has 3 aromatic rings. The molecule has 2 aromatic heterocycles. The van der Waals surface area contributed by atoms with Gasteiger partial charge in [0.15, 0.2) is 0 Å². The molecule has 3 heterocycles. The molecule has 1 aliphatic heterocycles. The van der Waals surface area contributed by atoms with Crippen LogP contribution in [0.1, 0.15) is 46.4 Å². The van der Waals surface area contributed by atoms with Crippen LogP contribution < -0.4 is 4.74 Å². The summed E-state index contributed by atoms with van der Waals surface area (Å²) in [6, 6.07) is 11.5. The van der Waals surface area contributed by atoms with E-state index < -0.39 is 0 Å². The topological polar surface area (TPSA) is 58.2 Å². The van der Waals surface area contributed by atoms with E-state index in [1.807, 2.05) is 52.9 Å². The highest BCUT2D eigenvalue weighted by molar-refractivity contribution is 7.09. The van der Waals surface area contributed by atoms with Gasteiger partial charge in [0, 0.05) is 29.4 Å². The number of carbonyl (C=O) groups is 1. The summed E-state index contributed by atoms with van der Waals surface area (Å²) in [7, 11) is 0. The molecule has 0 unspecified atom stereocenters. The van der Waals surface area contributed by atoms with Gasteiger partial charge in [-0.25, -0.2) is 4.98 Å². The maximum atomic E-state index is 13.1. The second-order valence-electron chi connectivity index (χ2n) is 6.38. The second kappa shape index (κ2) is 7.74. The van der Waals surface area contributed by atoms with E-state index in [1.165, 1.54) is 0 Å². The molecular formula is C20H21N3O2S. The van der Waals surface area contributed by atoms with Crippen LogP contribution >= 0.6 is 11.3 Å². The first-order chi connectivity index (χ1) is 12.8. The van der Waals surface area contributed by atoms with E-state index in [0.29, 0.717) is 12.2 Å². The Morgan fingerprint density at radius 2 is 2.27 bits per heavy atom. The molecule has 0 bridgehead atoms. The van der Waals surface area contributed by atoms with Crippen LogP contribution in [0.2, 0.25) is 0 Å². The lowest BCUT2D eigenvalue weighted by atomic mass is 10.00. The Morgan fingerprint density at radius 1 is 1.31 bits per heavy atom. The Labute approximate surface area is 156 Å². The van der Waals surface area contributed by atoms with Crippen molar-refractivity contribution in [3.05, 3.63) is 70.4 Å². The molecule has 1 N–H and O–H groups in total. The number of aromatic nitrogens is 2. The van der Waals surface area contributed by atoms with Crippen molar-refractivity contribution >= 4 is 17.2 Å². The summed E-state index contributed by atoms with van der Waals surface area (Å²) in [5.41, 5.74) is 0.659. The maximum absolute atomic E-state index is 13.1. The molecule has 0 saturated carbocycles. The zero-order chi connectivity index (χ0) is 17.8. The number of aromatic amines is 1. The number of nitrogens with one attached hydrogen (secondary N) is 1. The molecule has 5 nitrogen and oxygen atoms in total. The first-order valence-electron chi connectivity index (χ1n) is 8.87.